The maximum atomic E-state index is 12.7. The molecule has 1 aliphatic rings. The first-order valence-corrected chi connectivity index (χ1v) is 7.75. The lowest BCUT2D eigenvalue weighted by Gasteiger charge is -2.33. The zero-order valence-electron chi connectivity index (χ0n) is 13.5. The van der Waals surface area contributed by atoms with Crippen LogP contribution in [0, 0.1) is 6.92 Å². The monoisotopic (exact) mass is 334 g/mol. The lowest BCUT2D eigenvalue weighted by atomic mass is 10.1. The molecule has 1 aromatic heterocycles. The predicted molar refractivity (Wildman–Crippen MR) is 93.1 cm³/mol. The number of rotatable bonds is 3. The van der Waals surface area contributed by atoms with Gasteiger partial charge in [0.1, 0.15) is 0 Å². The molecule has 0 bridgehead atoms. The minimum Gasteiger partial charge on any atom is -0.333 e. The Morgan fingerprint density at radius 2 is 2.09 bits per heavy atom. The number of amides is 1. The standard InChI is InChI=1S/C17H22N4O.ClH/c1-13-10-18-8-9-20(13)17(22)16-11-19-21(14(16)2)12-15-6-4-3-5-7-15;/h3-7,11,13,18H,8-10,12H2,1-2H3;1H/t13-;/m0./s1. The van der Waals surface area contributed by atoms with Crippen molar-refractivity contribution in [1.82, 2.24) is 20.0 Å². The number of aromatic nitrogens is 2. The molecule has 1 amide bonds. The molecule has 23 heavy (non-hydrogen) atoms. The number of nitrogens with zero attached hydrogens (tertiary/aromatic N) is 3. The van der Waals surface area contributed by atoms with Gasteiger partial charge in [0.25, 0.3) is 5.91 Å². The van der Waals surface area contributed by atoms with E-state index < -0.39 is 0 Å². The van der Waals surface area contributed by atoms with E-state index in [1.54, 1.807) is 6.20 Å². The van der Waals surface area contributed by atoms with Gasteiger partial charge in [0.2, 0.25) is 0 Å². The number of hydrogen-bond acceptors (Lipinski definition) is 3. The Hall–Kier alpha value is -1.85. The Labute approximate surface area is 143 Å². The van der Waals surface area contributed by atoms with Crippen LogP contribution in [0.25, 0.3) is 0 Å². The summed E-state index contributed by atoms with van der Waals surface area (Å²) in [6.45, 7) is 7.19. The summed E-state index contributed by atoms with van der Waals surface area (Å²) in [5.74, 6) is 0.0887. The number of halogens is 1. The summed E-state index contributed by atoms with van der Waals surface area (Å²) in [7, 11) is 0. The quantitative estimate of drug-likeness (QED) is 0.935. The van der Waals surface area contributed by atoms with E-state index in [9.17, 15) is 4.79 Å². The summed E-state index contributed by atoms with van der Waals surface area (Å²) in [5.41, 5.74) is 2.83. The van der Waals surface area contributed by atoms with Crippen molar-refractivity contribution in [1.29, 1.82) is 0 Å². The van der Waals surface area contributed by atoms with E-state index in [0.717, 1.165) is 25.3 Å². The zero-order valence-corrected chi connectivity index (χ0v) is 14.3. The van der Waals surface area contributed by atoms with Crippen LogP contribution < -0.4 is 5.32 Å². The van der Waals surface area contributed by atoms with E-state index in [2.05, 4.69) is 29.5 Å². The molecule has 1 aliphatic heterocycles. The molecule has 5 nitrogen and oxygen atoms in total. The van der Waals surface area contributed by atoms with E-state index in [0.29, 0.717) is 12.1 Å². The van der Waals surface area contributed by atoms with Crippen LogP contribution in [0.15, 0.2) is 36.5 Å². The van der Waals surface area contributed by atoms with Crippen LogP contribution in [-0.4, -0.2) is 46.3 Å². The second-order valence-electron chi connectivity index (χ2n) is 5.84. The summed E-state index contributed by atoms with van der Waals surface area (Å²) < 4.78 is 1.90. The maximum absolute atomic E-state index is 12.7. The summed E-state index contributed by atoms with van der Waals surface area (Å²) in [4.78, 5) is 14.7. The fraction of sp³-hybridized carbons (Fsp3) is 0.412. The number of carbonyl (C=O) groups excluding carboxylic acids is 1. The van der Waals surface area contributed by atoms with Gasteiger partial charge in [-0.2, -0.15) is 5.10 Å². The van der Waals surface area contributed by atoms with Gasteiger partial charge in [-0.15, -0.1) is 12.4 Å². The topological polar surface area (TPSA) is 50.2 Å². The molecule has 2 aromatic rings. The molecule has 0 spiro atoms. The fourth-order valence-electron chi connectivity index (χ4n) is 2.87. The Morgan fingerprint density at radius 1 is 1.35 bits per heavy atom. The molecular formula is C17H23ClN4O. The average molecular weight is 335 g/mol. The molecule has 1 atom stereocenters. The van der Waals surface area contributed by atoms with Crippen molar-refractivity contribution in [2.45, 2.75) is 26.4 Å². The Bertz CT molecular complexity index is 656. The lowest BCUT2D eigenvalue weighted by molar-refractivity contribution is 0.0655. The van der Waals surface area contributed by atoms with Gasteiger partial charge in [0.15, 0.2) is 0 Å². The van der Waals surface area contributed by atoms with Crippen molar-refractivity contribution in [3.8, 4) is 0 Å². The average Bonchev–Trinajstić information content (AvgIpc) is 2.89. The molecular weight excluding hydrogens is 312 g/mol. The molecule has 0 saturated carbocycles. The highest BCUT2D eigenvalue weighted by Gasteiger charge is 2.26. The molecule has 0 radical (unpaired) electrons. The second kappa shape index (κ2) is 7.62. The number of nitrogens with one attached hydrogen (secondary N) is 1. The summed E-state index contributed by atoms with van der Waals surface area (Å²) in [5, 5.41) is 7.71. The van der Waals surface area contributed by atoms with Gasteiger partial charge in [0.05, 0.1) is 18.3 Å². The zero-order chi connectivity index (χ0) is 15.5. The largest absolute Gasteiger partial charge is 0.333 e. The van der Waals surface area contributed by atoms with Gasteiger partial charge in [0, 0.05) is 31.4 Å². The van der Waals surface area contributed by atoms with Crippen molar-refractivity contribution in [3.63, 3.8) is 0 Å². The van der Waals surface area contributed by atoms with E-state index in [4.69, 9.17) is 0 Å². The van der Waals surface area contributed by atoms with Crippen LogP contribution >= 0.6 is 12.4 Å². The number of piperazine rings is 1. The van der Waals surface area contributed by atoms with E-state index in [1.165, 1.54) is 5.56 Å². The fourth-order valence-corrected chi connectivity index (χ4v) is 2.87. The Balaban J connectivity index is 0.00000192. The first-order valence-electron chi connectivity index (χ1n) is 7.75. The highest BCUT2D eigenvalue weighted by molar-refractivity contribution is 5.95. The van der Waals surface area contributed by atoms with Crippen molar-refractivity contribution in [2.24, 2.45) is 0 Å². The van der Waals surface area contributed by atoms with Gasteiger partial charge in [-0.1, -0.05) is 30.3 Å². The third-order valence-corrected chi connectivity index (χ3v) is 4.27. The van der Waals surface area contributed by atoms with Crippen LogP contribution in [0.4, 0.5) is 0 Å². The Morgan fingerprint density at radius 3 is 2.78 bits per heavy atom. The van der Waals surface area contributed by atoms with Crippen molar-refractivity contribution >= 4 is 18.3 Å². The van der Waals surface area contributed by atoms with Crippen LogP contribution in [0.3, 0.4) is 0 Å². The lowest BCUT2D eigenvalue weighted by Crippen LogP contribution is -2.52. The molecule has 2 heterocycles. The Kier molecular flexibility index (Phi) is 5.80. The molecule has 3 rings (SSSR count). The van der Waals surface area contributed by atoms with E-state index >= 15 is 0 Å². The first kappa shape index (κ1) is 17.5. The minimum absolute atomic E-state index is 0. The van der Waals surface area contributed by atoms with E-state index in [-0.39, 0.29) is 24.4 Å². The molecule has 1 aromatic carbocycles. The van der Waals surface area contributed by atoms with Crippen LogP contribution in [0.1, 0.15) is 28.5 Å². The molecule has 0 unspecified atom stereocenters. The number of carbonyl (C=O) groups is 1. The smallest absolute Gasteiger partial charge is 0.257 e. The first-order chi connectivity index (χ1) is 10.7. The molecule has 6 heteroatoms. The van der Waals surface area contributed by atoms with Gasteiger partial charge < -0.3 is 10.2 Å². The maximum Gasteiger partial charge on any atom is 0.257 e. The van der Waals surface area contributed by atoms with Crippen LogP contribution in [0.2, 0.25) is 0 Å². The third kappa shape index (κ3) is 3.74. The third-order valence-electron chi connectivity index (χ3n) is 4.27. The molecule has 1 fully saturated rings. The van der Waals surface area contributed by atoms with Crippen molar-refractivity contribution in [3.05, 3.63) is 53.3 Å². The molecule has 1 saturated heterocycles. The SMILES string of the molecule is Cc1c(C(=O)N2CCNC[C@@H]2C)cnn1Cc1ccccc1.Cl. The van der Waals surface area contributed by atoms with Gasteiger partial charge in [-0.3, -0.25) is 9.48 Å². The van der Waals surface area contributed by atoms with Gasteiger partial charge >= 0.3 is 0 Å². The van der Waals surface area contributed by atoms with Gasteiger partial charge in [-0.05, 0) is 19.4 Å². The number of hydrogen-bond donors (Lipinski definition) is 1. The number of benzene rings is 1. The second-order valence-corrected chi connectivity index (χ2v) is 5.84. The molecule has 124 valence electrons. The summed E-state index contributed by atoms with van der Waals surface area (Å²) >= 11 is 0. The van der Waals surface area contributed by atoms with Crippen LogP contribution in [0.5, 0.6) is 0 Å². The minimum atomic E-state index is 0. The highest BCUT2D eigenvalue weighted by atomic mass is 35.5. The predicted octanol–water partition coefficient (Wildman–Crippen LogP) is 2.10. The molecule has 0 aliphatic carbocycles. The van der Waals surface area contributed by atoms with Crippen molar-refractivity contribution in [2.75, 3.05) is 19.6 Å². The summed E-state index contributed by atoms with van der Waals surface area (Å²) in [6, 6.07) is 10.4. The van der Waals surface area contributed by atoms with Crippen LogP contribution in [-0.2, 0) is 6.54 Å². The van der Waals surface area contributed by atoms with Gasteiger partial charge in [-0.25, -0.2) is 0 Å². The van der Waals surface area contributed by atoms with Crippen molar-refractivity contribution < 1.29 is 4.79 Å². The highest BCUT2D eigenvalue weighted by Crippen LogP contribution is 2.15. The summed E-state index contributed by atoms with van der Waals surface area (Å²) in [6.07, 6.45) is 1.70. The normalized spacial score (nSPS) is 17.7. The molecule has 1 N–H and O–H groups in total. The van der Waals surface area contributed by atoms with E-state index in [1.807, 2.05) is 34.7 Å².